The number of carbonyl (C=O) groups is 2. The lowest BCUT2D eigenvalue weighted by molar-refractivity contribution is 0.0964. The van der Waals surface area contributed by atoms with Crippen LogP contribution in [0.2, 0.25) is 0 Å². The summed E-state index contributed by atoms with van der Waals surface area (Å²) < 4.78 is 5.01. The predicted octanol–water partition coefficient (Wildman–Crippen LogP) is 0.975. The molecule has 0 spiro atoms. The van der Waals surface area contributed by atoms with Gasteiger partial charge in [0.15, 0.2) is 5.78 Å². The Morgan fingerprint density at radius 1 is 1.47 bits per heavy atom. The lowest BCUT2D eigenvalue weighted by Gasteiger charge is -2.18. The minimum atomic E-state index is -0.291. The highest BCUT2D eigenvalue weighted by molar-refractivity contribution is 7.19. The van der Waals surface area contributed by atoms with E-state index < -0.39 is 0 Å². The third-order valence-corrected chi connectivity index (χ3v) is 4.10. The summed E-state index contributed by atoms with van der Waals surface area (Å²) in [5, 5.41) is 3.22. The fourth-order valence-electron chi connectivity index (χ4n) is 1.64. The summed E-state index contributed by atoms with van der Waals surface area (Å²) in [4.78, 5) is 25.7. The van der Waals surface area contributed by atoms with E-state index in [-0.39, 0.29) is 17.4 Å². The van der Waals surface area contributed by atoms with Crippen LogP contribution >= 0.6 is 11.3 Å². The molecule has 1 rings (SSSR count). The number of nitrogens with two attached hydrogens (primary N) is 1. The quantitative estimate of drug-likeness (QED) is 0.761. The van der Waals surface area contributed by atoms with Crippen molar-refractivity contribution in [3.8, 4) is 0 Å². The molecule has 1 amide bonds. The number of hydrogen-bond donors (Lipinski definition) is 2. The van der Waals surface area contributed by atoms with Gasteiger partial charge in [-0.05, 0) is 0 Å². The van der Waals surface area contributed by atoms with Crippen molar-refractivity contribution in [3.05, 3.63) is 10.4 Å². The van der Waals surface area contributed by atoms with Crippen molar-refractivity contribution in [3.63, 3.8) is 0 Å². The molecule has 0 aromatic carbocycles. The Kier molecular flexibility index (Phi) is 5.31. The van der Waals surface area contributed by atoms with Crippen molar-refractivity contribution < 1.29 is 14.3 Å². The molecule has 0 fully saturated rings. The van der Waals surface area contributed by atoms with Crippen LogP contribution in [0.15, 0.2) is 0 Å². The molecule has 0 aliphatic carbocycles. The summed E-state index contributed by atoms with van der Waals surface area (Å²) >= 11 is 1.23. The molecular weight excluding hydrogens is 266 g/mol. The number of nitrogen functional groups attached to an aromatic ring is 1. The normalized spacial score (nSPS) is 10.3. The first-order valence-electron chi connectivity index (χ1n) is 5.79. The average molecular weight is 285 g/mol. The van der Waals surface area contributed by atoms with E-state index in [4.69, 9.17) is 10.5 Å². The Balaban J connectivity index is 3.24. The van der Waals surface area contributed by atoms with Crippen LogP contribution in [-0.2, 0) is 4.74 Å². The topological polar surface area (TPSA) is 84.7 Å². The number of ketones is 1. The van der Waals surface area contributed by atoms with E-state index in [0.717, 1.165) is 0 Å². The number of nitrogens with one attached hydrogen (secondary N) is 1. The zero-order chi connectivity index (χ0) is 14.6. The maximum atomic E-state index is 11.9. The van der Waals surface area contributed by atoms with Gasteiger partial charge in [-0.15, -0.1) is 11.3 Å². The Labute approximate surface area is 116 Å². The van der Waals surface area contributed by atoms with Crippen LogP contribution in [0.25, 0.3) is 0 Å². The highest BCUT2D eigenvalue weighted by atomic mass is 32.1. The smallest absolute Gasteiger partial charge is 0.256 e. The number of carbonyl (C=O) groups excluding carboxylic acids is 2. The van der Waals surface area contributed by atoms with Crippen molar-refractivity contribution in [1.82, 2.24) is 5.32 Å². The van der Waals surface area contributed by atoms with Crippen LogP contribution in [0.5, 0.6) is 0 Å². The largest absolute Gasteiger partial charge is 0.397 e. The van der Waals surface area contributed by atoms with Crippen LogP contribution in [0, 0.1) is 0 Å². The van der Waals surface area contributed by atoms with Gasteiger partial charge in [0, 0.05) is 34.7 Å². The van der Waals surface area contributed by atoms with Gasteiger partial charge in [-0.1, -0.05) is 0 Å². The van der Waals surface area contributed by atoms with Gasteiger partial charge in [-0.3, -0.25) is 9.59 Å². The number of nitrogens with zero attached hydrogens (tertiary/aromatic N) is 1. The average Bonchev–Trinajstić information content (AvgIpc) is 2.73. The van der Waals surface area contributed by atoms with Gasteiger partial charge in [0.1, 0.15) is 5.00 Å². The van der Waals surface area contributed by atoms with E-state index in [9.17, 15) is 9.59 Å². The Morgan fingerprint density at radius 2 is 2.11 bits per heavy atom. The first-order valence-corrected chi connectivity index (χ1v) is 6.61. The lowest BCUT2D eigenvalue weighted by Crippen LogP contribution is -2.26. The molecule has 19 heavy (non-hydrogen) atoms. The third-order valence-electron chi connectivity index (χ3n) is 2.68. The second-order valence-corrected chi connectivity index (χ2v) is 5.07. The molecular formula is C12H19N3O3S. The molecule has 0 saturated carbocycles. The van der Waals surface area contributed by atoms with Gasteiger partial charge < -0.3 is 20.7 Å². The molecule has 1 aromatic heterocycles. The van der Waals surface area contributed by atoms with Gasteiger partial charge in [-0.25, -0.2) is 0 Å². The zero-order valence-electron chi connectivity index (χ0n) is 11.6. The summed E-state index contributed by atoms with van der Waals surface area (Å²) in [6.45, 7) is 2.57. The molecule has 0 bridgehead atoms. The van der Waals surface area contributed by atoms with E-state index in [1.54, 1.807) is 7.11 Å². The molecule has 7 heteroatoms. The number of Topliss-reactive ketones (excluding diaryl/α,β-unsaturated/α-hetero) is 1. The van der Waals surface area contributed by atoms with E-state index in [1.807, 2.05) is 11.9 Å². The summed E-state index contributed by atoms with van der Waals surface area (Å²) in [6.07, 6.45) is 0. The fraction of sp³-hybridized carbons (Fsp3) is 0.500. The molecule has 1 heterocycles. The lowest BCUT2D eigenvalue weighted by atomic mass is 10.2. The maximum absolute atomic E-state index is 11.9. The third kappa shape index (κ3) is 3.24. The van der Waals surface area contributed by atoms with Crippen LogP contribution in [0.4, 0.5) is 10.7 Å². The Bertz CT molecular complexity index is 485. The van der Waals surface area contributed by atoms with Gasteiger partial charge >= 0.3 is 0 Å². The van der Waals surface area contributed by atoms with E-state index in [0.29, 0.717) is 28.6 Å². The van der Waals surface area contributed by atoms with Crippen LogP contribution < -0.4 is 16.0 Å². The molecule has 6 nitrogen and oxygen atoms in total. The van der Waals surface area contributed by atoms with Crippen molar-refractivity contribution >= 4 is 33.7 Å². The molecule has 0 atom stereocenters. The van der Waals surface area contributed by atoms with Crippen molar-refractivity contribution in [2.75, 3.05) is 45.0 Å². The second-order valence-electron chi connectivity index (χ2n) is 4.07. The van der Waals surface area contributed by atoms with Crippen molar-refractivity contribution in [2.24, 2.45) is 0 Å². The van der Waals surface area contributed by atoms with E-state index in [1.165, 1.54) is 25.3 Å². The van der Waals surface area contributed by atoms with Gasteiger partial charge in [0.25, 0.3) is 5.91 Å². The highest BCUT2D eigenvalue weighted by Crippen LogP contribution is 2.37. The molecule has 1 aromatic rings. The molecule has 0 unspecified atom stereocenters. The van der Waals surface area contributed by atoms with Crippen LogP contribution in [0.3, 0.4) is 0 Å². The number of anilines is 2. The van der Waals surface area contributed by atoms with Crippen LogP contribution in [-0.4, -0.2) is 46.0 Å². The van der Waals surface area contributed by atoms with Crippen molar-refractivity contribution in [1.29, 1.82) is 0 Å². The molecule has 106 valence electrons. The summed E-state index contributed by atoms with van der Waals surface area (Å²) in [5.41, 5.74) is 6.52. The van der Waals surface area contributed by atoms with Gasteiger partial charge in [0.2, 0.25) is 0 Å². The van der Waals surface area contributed by atoms with Gasteiger partial charge in [-0.2, -0.15) is 0 Å². The summed E-state index contributed by atoms with van der Waals surface area (Å²) in [6, 6.07) is 0. The Hall–Kier alpha value is -1.60. The maximum Gasteiger partial charge on any atom is 0.256 e. The Morgan fingerprint density at radius 3 is 2.58 bits per heavy atom. The van der Waals surface area contributed by atoms with Gasteiger partial charge in [0.05, 0.1) is 22.7 Å². The number of ether oxygens (including phenoxy) is 1. The summed E-state index contributed by atoms with van der Waals surface area (Å²) in [7, 11) is 4.98. The molecule has 0 radical (unpaired) electrons. The SMILES string of the molecule is CNC(=O)c1c(N(C)CCOC)sc(C(C)=O)c1N. The minimum Gasteiger partial charge on any atom is -0.397 e. The van der Waals surface area contributed by atoms with Crippen molar-refractivity contribution in [2.45, 2.75) is 6.92 Å². The number of thiophene rings is 1. The molecule has 0 saturated heterocycles. The molecule has 0 aliphatic heterocycles. The zero-order valence-corrected chi connectivity index (χ0v) is 12.4. The number of rotatable bonds is 6. The monoisotopic (exact) mass is 285 g/mol. The number of hydrogen-bond acceptors (Lipinski definition) is 6. The second kappa shape index (κ2) is 6.53. The number of methoxy groups -OCH3 is 1. The predicted molar refractivity (Wildman–Crippen MR) is 77.3 cm³/mol. The van der Waals surface area contributed by atoms with E-state index >= 15 is 0 Å². The number of amides is 1. The van der Waals surface area contributed by atoms with E-state index in [2.05, 4.69) is 5.32 Å². The molecule has 0 aliphatic rings. The van der Waals surface area contributed by atoms with Crippen LogP contribution in [0.1, 0.15) is 27.0 Å². The number of likely N-dealkylation sites (N-methyl/N-ethyl adjacent to an activating group) is 1. The molecule has 3 N–H and O–H groups in total. The highest BCUT2D eigenvalue weighted by Gasteiger charge is 2.25. The fourth-order valence-corrected chi connectivity index (χ4v) is 2.74. The first-order chi connectivity index (χ1) is 8.93. The minimum absolute atomic E-state index is 0.140. The summed E-state index contributed by atoms with van der Waals surface area (Å²) in [5.74, 6) is -0.431. The standard InChI is InChI=1S/C12H19N3O3S/c1-7(16)10-9(13)8(11(17)14-2)12(19-10)15(3)5-6-18-4/h5-6,13H2,1-4H3,(H,14,17). The first kappa shape index (κ1) is 15.5.